The van der Waals surface area contributed by atoms with Crippen molar-refractivity contribution in [2.24, 2.45) is 0 Å². The van der Waals surface area contributed by atoms with Crippen LogP contribution in [0.2, 0.25) is 0 Å². The number of nitrogens with one attached hydrogen (secondary N) is 2. The van der Waals surface area contributed by atoms with Gasteiger partial charge in [-0.2, -0.15) is 0 Å². The summed E-state index contributed by atoms with van der Waals surface area (Å²) in [5.74, 6) is 0.0584. The van der Waals surface area contributed by atoms with Gasteiger partial charge in [-0.3, -0.25) is 9.59 Å². The fraction of sp³-hybridized carbons (Fsp3) is 0.0667. The highest BCUT2D eigenvalue weighted by atomic mass is 32.2. The standard InChI is InChI=1S/C15H12N2O3S/c18-14(16-9-10-4-3-7-20-10)8-13-15(19)17-11-5-1-2-6-12(11)21-13/h1-8H,9H2,(H,16,18)(H,17,19)/b13-8+. The Kier molecular flexibility index (Phi) is 3.79. The summed E-state index contributed by atoms with van der Waals surface area (Å²) in [6, 6.07) is 11.0. The SMILES string of the molecule is O=C(/C=C1/Sc2ccccc2NC1=O)NCc1ccco1. The number of thioether (sulfide) groups is 1. The van der Waals surface area contributed by atoms with Gasteiger partial charge < -0.3 is 15.1 Å². The molecule has 2 N–H and O–H groups in total. The molecular formula is C15H12N2O3S. The van der Waals surface area contributed by atoms with Crippen LogP contribution in [0.4, 0.5) is 5.69 Å². The van der Waals surface area contributed by atoms with E-state index in [1.807, 2.05) is 24.3 Å². The number of amides is 2. The first-order chi connectivity index (χ1) is 10.2. The molecule has 1 aromatic heterocycles. The Balaban J connectivity index is 1.68. The number of carbonyl (C=O) groups excluding carboxylic acids is 2. The van der Waals surface area contributed by atoms with Gasteiger partial charge in [0.05, 0.1) is 23.4 Å². The second kappa shape index (κ2) is 5.88. The van der Waals surface area contributed by atoms with Crippen LogP contribution in [-0.2, 0) is 16.1 Å². The number of furan rings is 1. The Morgan fingerprint density at radius 1 is 1.29 bits per heavy atom. The Labute approximate surface area is 125 Å². The maximum Gasteiger partial charge on any atom is 0.262 e. The van der Waals surface area contributed by atoms with E-state index >= 15 is 0 Å². The van der Waals surface area contributed by atoms with E-state index in [1.165, 1.54) is 17.8 Å². The Bertz CT molecular complexity index is 707. The molecule has 0 unspecified atom stereocenters. The number of hydrogen-bond donors (Lipinski definition) is 2. The molecule has 0 spiro atoms. The van der Waals surface area contributed by atoms with Gasteiger partial charge in [0.15, 0.2) is 0 Å². The number of carbonyl (C=O) groups is 2. The van der Waals surface area contributed by atoms with Gasteiger partial charge in [0.1, 0.15) is 5.76 Å². The molecule has 0 fully saturated rings. The van der Waals surface area contributed by atoms with E-state index in [1.54, 1.807) is 18.4 Å². The molecule has 21 heavy (non-hydrogen) atoms. The lowest BCUT2D eigenvalue weighted by Gasteiger charge is -2.17. The van der Waals surface area contributed by atoms with Gasteiger partial charge in [0, 0.05) is 11.0 Å². The minimum Gasteiger partial charge on any atom is -0.467 e. The highest BCUT2D eigenvalue weighted by Crippen LogP contribution is 2.37. The fourth-order valence-corrected chi connectivity index (χ4v) is 2.78. The second-order valence-electron chi connectivity index (χ2n) is 4.36. The molecule has 0 radical (unpaired) electrons. The quantitative estimate of drug-likeness (QED) is 0.854. The Morgan fingerprint density at radius 2 is 2.14 bits per heavy atom. The largest absolute Gasteiger partial charge is 0.467 e. The van der Waals surface area contributed by atoms with Gasteiger partial charge in [-0.1, -0.05) is 23.9 Å². The number of hydrogen-bond acceptors (Lipinski definition) is 4. The van der Waals surface area contributed by atoms with E-state index in [-0.39, 0.29) is 11.8 Å². The lowest BCUT2D eigenvalue weighted by molar-refractivity contribution is -0.117. The lowest BCUT2D eigenvalue weighted by atomic mass is 10.3. The summed E-state index contributed by atoms with van der Waals surface area (Å²) in [7, 11) is 0. The summed E-state index contributed by atoms with van der Waals surface area (Å²) in [6.07, 6.45) is 2.85. The van der Waals surface area contributed by atoms with Gasteiger partial charge in [0.25, 0.3) is 5.91 Å². The zero-order chi connectivity index (χ0) is 14.7. The number of fused-ring (bicyclic) bond motifs is 1. The first-order valence-corrected chi connectivity index (χ1v) is 7.14. The lowest BCUT2D eigenvalue weighted by Crippen LogP contribution is -2.23. The number of para-hydroxylation sites is 1. The van der Waals surface area contributed by atoms with E-state index in [4.69, 9.17) is 4.42 Å². The highest BCUT2D eigenvalue weighted by molar-refractivity contribution is 8.04. The predicted octanol–water partition coefficient (Wildman–Crippen LogP) is 2.52. The van der Waals surface area contributed by atoms with Crippen molar-refractivity contribution in [2.75, 3.05) is 5.32 Å². The molecule has 5 nitrogen and oxygen atoms in total. The monoisotopic (exact) mass is 300 g/mol. The molecule has 2 heterocycles. The second-order valence-corrected chi connectivity index (χ2v) is 5.44. The molecule has 2 amide bonds. The summed E-state index contributed by atoms with van der Waals surface area (Å²) in [4.78, 5) is 25.1. The van der Waals surface area contributed by atoms with Crippen LogP contribution in [0, 0.1) is 0 Å². The van der Waals surface area contributed by atoms with Crippen molar-refractivity contribution in [3.63, 3.8) is 0 Å². The zero-order valence-corrected chi connectivity index (χ0v) is 11.8. The molecule has 1 aliphatic heterocycles. The topological polar surface area (TPSA) is 71.3 Å². The molecule has 1 aromatic carbocycles. The highest BCUT2D eigenvalue weighted by Gasteiger charge is 2.21. The van der Waals surface area contributed by atoms with Crippen LogP contribution in [0.1, 0.15) is 5.76 Å². The molecule has 6 heteroatoms. The number of rotatable bonds is 3. The summed E-state index contributed by atoms with van der Waals surface area (Å²) in [6.45, 7) is 0.290. The number of anilines is 1. The van der Waals surface area contributed by atoms with Crippen LogP contribution < -0.4 is 10.6 Å². The minimum atomic E-state index is -0.330. The van der Waals surface area contributed by atoms with E-state index < -0.39 is 0 Å². The zero-order valence-electron chi connectivity index (χ0n) is 11.0. The van der Waals surface area contributed by atoms with Gasteiger partial charge in [-0.25, -0.2) is 0 Å². The average Bonchev–Trinajstić information content (AvgIpc) is 2.99. The van der Waals surface area contributed by atoms with Gasteiger partial charge in [-0.05, 0) is 24.3 Å². The van der Waals surface area contributed by atoms with E-state index in [0.717, 1.165) is 10.6 Å². The molecule has 0 saturated carbocycles. The Morgan fingerprint density at radius 3 is 2.95 bits per heavy atom. The third kappa shape index (κ3) is 3.17. The molecule has 106 valence electrons. The number of benzene rings is 1. The normalized spacial score (nSPS) is 15.4. The third-order valence-electron chi connectivity index (χ3n) is 2.86. The smallest absolute Gasteiger partial charge is 0.262 e. The van der Waals surface area contributed by atoms with Crippen molar-refractivity contribution in [1.82, 2.24) is 5.32 Å². The Hall–Kier alpha value is -2.47. The van der Waals surface area contributed by atoms with Crippen molar-refractivity contribution in [3.05, 3.63) is 59.4 Å². The first kappa shape index (κ1) is 13.5. The molecule has 0 aliphatic carbocycles. The predicted molar refractivity (Wildman–Crippen MR) is 79.6 cm³/mol. The van der Waals surface area contributed by atoms with Crippen molar-refractivity contribution < 1.29 is 14.0 Å². The van der Waals surface area contributed by atoms with Crippen molar-refractivity contribution >= 4 is 29.3 Å². The molecule has 2 aromatic rings. The van der Waals surface area contributed by atoms with Crippen molar-refractivity contribution in [3.8, 4) is 0 Å². The van der Waals surface area contributed by atoms with Crippen molar-refractivity contribution in [1.29, 1.82) is 0 Å². The molecule has 0 saturated heterocycles. The molecule has 0 atom stereocenters. The van der Waals surface area contributed by atoms with Gasteiger partial charge >= 0.3 is 0 Å². The van der Waals surface area contributed by atoms with Crippen LogP contribution >= 0.6 is 11.8 Å². The summed E-state index contributed by atoms with van der Waals surface area (Å²) in [5.41, 5.74) is 0.764. The van der Waals surface area contributed by atoms with Crippen LogP contribution in [0.25, 0.3) is 0 Å². The molecule has 3 rings (SSSR count). The van der Waals surface area contributed by atoms with Crippen LogP contribution in [-0.4, -0.2) is 11.8 Å². The van der Waals surface area contributed by atoms with Crippen molar-refractivity contribution in [2.45, 2.75) is 11.4 Å². The molecular weight excluding hydrogens is 288 g/mol. The van der Waals surface area contributed by atoms with E-state index in [2.05, 4.69) is 10.6 Å². The maximum absolute atomic E-state index is 11.9. The van der Waals surface area contributed by atoms with Crippen LogP contribution in [0.5, 0.6) is 0 Å². The van der Waals surface area contributed by atoms with E-state index in [9.17, 15) is 9.59 Å². The molecule has 1 aliphatic rings. The van der Waals surface area contributed by atoms with Crippen LogP contribution in [0.15, 0.2) is 63.0 Å². The molecule has 0 bridgehead atoms. The average molecular weight is 300 g/mol. The minimum absolute atomic E-state index is 0.271. The third-order valence-corrected chi connectivity index (χ3v) is 3.96. The van der Waals surface area contributed by atoms with E-state index in [0.29, 0.717) is 17.2 Å². The fourth-order valence-electron chi connectivity index (χ4n) is 1.86. The maximum atomic E-state index is 11.9. The summed E-state index contributed by atoms with van der Waals surface area (Å²) in [5, 5.41) is 5.43. The summed E-state index contributed by atoms with van der Waals surface area (Å²) < 4.78 is 5.12. The van der Waals surface area contributed by atoms with Crippen LogP contribution in [0.3, 0.4) is 0 Å². The van der Waals surface area contributed by atoms with Gasteiger partial charge in [0.2, 0.25) is 5.91 Å². The first-order valence-electron chi connectivity index (χ1n) is 6.32. The van der Waals surface area contributed by atoms with Gasteiger partial charge in [-0.15, -0.1) is 0 Å². The summed E-state index contributed by atoms with van der Waals surface area (Å²) >= 11 is 1.28.